The van der Waals surface area contributed by atoms with Crippen LogP contribution in [-0.4, -0.2) is 33.2 Å². The average molecular weight is 311 g/mol. The van der Waals surface area contributed by atoms with Crippen molar-refractivity contribution >= 4 is 21.5 Å². The lowest BCUT2D eigenvalue weighted by molar-refractivity contribution is 0.0545. The van der Waals surface area contributed by atoms with Crippen molar-refractivity contribution in [1.82, 2.24) is 0 Å². The van der Waals surface area contributed by atoms with Crippen LogP contribution < -0.4 is 4.72 Å². The highest BCUT2D eigenvalue weighted by molar-refractivity contribution is 7.92. The lowest BCUT2D eigenvalue weighted by Gasteiger charge is -2.20. The molecule has 0 atom stereocenters. The lowest BCUT2D eigenvalue weighted by Crippen LogP contribution is -2.23. The van der Waals surface area contributed by atoms with Crippen LogP contribution in [0, 0.1) is 5.92 Å². The quantitative estimate of drug-likeness (QED) is 0.819. The molecule has 6 heteroatoms. The fourth-order valence-corrected chi connectivity index (χ4v) is 3.53. The van der Waals surface area contributed by atoms with Gasteiger partial charge in [-0.25, -0.2) is 8.42 Å². The van der Waals surface area contributed by atoms with Crippen molar-refractivity contribution in [2.75, 3.05) is 23.7 Å². The van der Waals surface area contributed by atoms with Gasteiger partial charge in [-0.3, -0.25) is 9.52 Å². The van der Waals surface area contributed by atoms with Crippen molar-refractivity contribution in [3.8, 4) is 0 Å². The van der Waals surface area contributed by atoms with Crippen molar-refractivity contribution < 1.29 is 17.9 Å². The second-order valence-corrected chi connectivity index (χ2v) is 7.09. The molecule has 2 rings (SSSR count). The highest BCUT2D eigenvalue weighted by atomic mass is 32.2. The summed E-state index contributed by atoms with van der Waals surface area (Å²) >= 11 is 0. The second kappa shape index (κ2) is 7.04. The molecule has 1 N–H and O–H groups in total. The molecular formula is C15H21NO4S. The molecule has 0 radical (unpaired) electrons. The third kappa shape index (κ3) is 4.54. The van der Waals surface area contributed by atoms with Crippen LogP contribution in [0.4, 0.5) is 5.69 Å². The van der Waals surface area contributed by atoms with Crippen LogP contribution in [0.15, 0.2) is 24.3 Å². The van der Waals surface area contributed by atoms with E-state index in [2.05, 4.69) is 4.72 Å². The fourth-order valence-electron chi connectivity index (χ4n) is 2.40. The summed E-state index contributed by atoms with van der Waals surface area (Å²) in [5.74, 6) is 0.220. The molecule has 1 aromatic rings. The Hall–Kier alpha value is -1.40. The molecule has 1 aliphatic rings. The summed E-state index contributed by atoms with van der Waals surface area (Å²) in [5, 5.41) is 0. The van der Waals surface area contributed by atoms with Gasteiger partial charge >= 0.3 is 0 Å². The molecule has 5 nitrogen and oxygen atoms in total. The molecule has 0 spiro atoms. The molecule has 1 aromatic carbocycles. The molecule has 0 aliphatic carbocycles. The van der Waals surface area contributed by atoms with E-state index in [1.807, 2.05) is 6.92 Å². The number of rotatable bonds is 6. The predicted molar refractivity (Wildman–Crippen MR) is 82.0 cm³/mol. The van der Waals surface area contributed by atoms with Crippen molar-refractivity contribution in [3.63, 3.8) is 0 Å². The van der Waals surface area contributed by atoms with Gasteiger partial charge in [0.15, 0.2) is 5.78 Å². The Balaban J connectivity index is 2.03. The number of sulfonamides is 1. The monoisotopic (exact) mass is 311 g/mol. The van der Waals surface area contributed by atoms with E-state index in [4.69, 9.17) is 4.74 Å². The van der Waals surface area contributed by atoms with E-state index >= 15 is 0 Å². The molecule has 0 amide bonds. The number of benzene rings is 1. The smallest absolute Gasteiger partial charge is 0.232 e. The van der Waals surface area contributed by atoms with Gasteiger partial charge in [0.05, 0.1) is 5.75 Å². The minimum absolute atomic E-state index is 0.0152. The summed E-state index contributed by atoms with van der Waals surface area (Å²) in [4.78, 5) is 12.3. The highest BCUT2D eigenvalue weighted by Gasteiger charge is 2.22. The SMILES string of the molecule is CCCS(=O)(=O)Nc1ccc(C(=O)C2CCOCC2)cc1. The Bertz CT molecular complexity index is 574. The molecule has 1 fully saturated rings. The normalized spacial score (nSPS) is 16.6. The zero-order valence-electron chi connectivity index (χ0n) is 12.2. The number of carbonyl (C=O) groups excluding carboxylic acids is 1. The number of hydrogen-bond donors (Lipinski definition) is 1. The van der Waals surface area contributed by atoms with E-state index < -0.39 is 10.0 Å². The third-order valence-corrected chi connectivity index (χ3v) is 5.00. The maximum atomic E-state index is 12.3. The fraction of sp³-hybridized carbons (Fsp3) is 0.533. The Morgan fingerprint density at radius 1 is 1.24 bits per heavy atom. The van der Waals surface area contributed by atoms with Crippen LogP contribution >= 0.6 is 0 Å². The van der Waals surface area contributed by atoms with Crippen LogP contribution in [0.5, 0.6) is 0 Å². The molecule has 21 heavy (non-hydrogen) atoms. The Kier molecular flexibility index (Phi) is 5.36. The first-order valence-corrected chi connectivity index (χ1v) is 8.89. The molecular weight excluding hydrogens is 290 g/mol. The number of Topliss-reactive ketones (excluding diaryl/α,β-unsaturated/α-hetero) is 1. The summed E-state index contributed by atoms with van der Waals surface area (Å²) in [7, 11) is -3.29. The number of anilines is 1. The minimum atomic E-state index is -3.29. The van der Waals surface area contributed by atoms with Gasteiger partial charge in [-0.15, -0.1) is 0 Å². The van der Waals surface area contributed by atoms with Crippen molar-refractivity contribution in [1.29, 1.82) is 0 Å². The molecule has 1 aliphatic heterocycles. The molecule has 1 saturated heterocycles. The summed E-state index contributed by atoms with van der Waals surface area (Å²) in [6, 6.07) is 6.64. The minimum Gasteiger partial charge on any atom is -0.381 e. The standard InChI is InChI=1S/C15H21NO4S/c1-2-11-21(18,19)16-14-5-3-12(4-6-14)15(17)13-7-9-20-10-8-13/h3-6,13,16H,2,7-11H2,1H3. The van der Waals surface area contributed by atoms with Gasteiger partial charge in [0.25, 0.3) is 0 Å². The van der Waals surface area contributed by atoms with E-state index in [1.165, 1.54) is 0 Å². The molecule has 0 saturated carbocycles. The maximum absolute atomic E-state index is 12.3. The number of nitrogens with one attached hydrogen (secondary N) is 1. The number of carbonyl (C=O) groups is 1. The van der Waals surface area contributed by atoms with E-state index in [0.29, 0.717) is 30.9 Å². The summed E-state index contributed by atoms with van der Waals surface area (Å²) in [5.41, 5.74) is 1.12. The summed E-state index contributed by atoms with van der Waals surface area (Å²) in [6.45, 7) is 3.07. The molecule has 0 aromatic heterocycles. The number of ether oxygens (including phenoxy) is 1. The first-order chi connectivity index (χ1) is 10.0. The zero-order chi connectivity index (χ0) is 15.3. The van der Waals surface area contributed by atoms with Crippen molar-refractivity contribution in [3.05, 3.63) is 29.8 Å². The average Bonchev–Trinajstić information content (AvgIpc) is 2.48. The van der Waals surface area contributed by atoms with Gasteiger partial charge in [-0.1, -0.05) is 6.92 Å². The van der Waals surface area contributed by atoms with Crippen LogP contribution in [-0.2, 0) is 14.8 Å². The van der Waals surface area contributed by atoms with Crippen molar-refractivity contribution in [2.24, 2.45) is 5.92 Å². The first kappa shape index (κ1) is 16.0. The third-order valence-electron chi connectivity index (χ3n) is 3.51. The molecule has 0 unspecified atom stereocenters. The highest BCUT2D eigenvalue weighted by Crippen LogP contribution is 2.21. The zero-order valence-corrected chi connectivity index (χ0v) is 13.0. The Labute approximate surface area is 125 Å². The van der Waals surface area contributed by atoms with E-state index in [9.17, 15) is 13.2 Å². The first-order valence-electron chi connectivity index (χ1n) is 7.24. The van der Waals surface area contributed by atoms with Crippen LogP contribution in [0.2, 0.25) is 0 Å². The van der Waals surface area contributed by atoms with Crippen LogP contribution in [0.1, 0.15) is 36.5 Å². The van der Waals surface area contributed by atoms with Gasteiger partial charge in [0, 0.05) is 30.4 Å². The van der Waals surface area contributed by atoms with Gasteiger partial charge in [0.2, 0.25) is 10.0 Å². The largest absolute Gasteiger partial charge is 0.381 e. The molecule has 116 valence electrons. The Morgan fingerprint density at radius 3 is 2.43 bits per heavy atom. The number of hydrogen-bond acceptors (Lipinski definition) is 4. The topological polar surface area (TPSA) is 72.5 Å². The van der Waals surface area contributed by atoms with E-state index in [-0.39, 0.29) is 17.5 Å². The molecule has 0 bridgehead atoms. The summed E-state index contributed by atoms with van der Waals surface area (Å²) < 4.78 is 31.1. The van der Waals surface area contributed by atoms with Gasteiger partial charge in [-0.2, -0.15) is 0 Å². The van der Waals surface area contributed by atoms with Gasteiger partial charge in [-0.05, 0) is 43.5 Å². The predicted octanol–water partition coefficient (Wildman–Crippen LogP) is 2.45. The maximum Gasteiger partial charge on any atom is 0.232 e. The van der Waals surface area contributed by atoms with Gasteiger partial charge < -0.3 is 4.74 Å². The summed E-state index contributed by atoms with van der Waals surface area (Å²) in [6.07, 6.45) is 2.07. The van der Waals surface area contributed by atoms with Crippen LogP contribution in [0.25, 0.3) is 0 Å². The number of ketones is 1. The lowest BCUT2D eigenvalue weighted by atomic mass is 9.91. The Morgan fingerprint density at radius 2 is 1.86 bits per heavy atom. The van der Waals surface area contributed by atoms with E-state index in [1.54, 1.807) is 24.3 Å². The van der Waals surface area contributed by atoms with Crippen LogP contribution in [0.3, 0.4) is 0 Å². The van der Waals surface area contributed by atoms with Gasteiger partial charge in [0.1, 0.15) is 0 Å². The van der Waals surface area contributed by atoms with E-state index in [0.717, 1.165) is 12.8 Å². The van der Waals surface area contributed by atoms with Crippen molar-refractivity contribution in [2.45, 2.75) is 26.2 Å². The molecule has 1 heterocycles. The second-order valence-electron chi connectivity index (χ2n) is 5.25.